The van der Waals surface area contributed by atoms with Crippen LogP contribution in [0.2, 0.25) is 0 Å². The van der Waals surface area contributed by atoms with Crippen LogP contribution < -0.4 is 0 Å². The maximum Gasteiger partial charge on any atom is 0.130 e. The molecule has 1 unspecified atom stereocenters. The molecule has 1 aliphatic rings. The van der Waals surface area contributed by atoms with Crippen LogP contribution in [0.5, 0.6) is 0 Å². The van der Waals surface area contributed by atoms with Crippen molar-refractivity contribution >= 4 is 27.7 Å². The molecule has 1 atom stereocenters. The number of aromatic nitrogens is 1. The first-order chi connectivity index (χ1) is 8.33. The predicted molar refractivity (Wildman–Crippen MR) is 74.6 cm³/mol. The van der Waals surface area contributed by atoms with Gasteiger partial charge in [-0.2, -0.15) is 0 Å². The van der Waals surface area contributed by atoms with E-state index in [9.17, 15) is 0 Å². The van der Waals surface area contributed by atoms with Crippen molar-refractivity contribution in [1.29, 1.82) is 0 Å². The largest absolute Gasteiger partial charge is 0.362 e. The monoisotopic (exact) mass is 309 g/mol. The number of hydrogen-bond acceptors (Lipinski definition) is 2. The minimum absolute atomic E-state index is 0.211. The lowest BCUT2D eigenvalue weighted by Crippen LogP contribution is -1.92. The van der Waals surface area contributed by atoms with Crippen molar-refractivity contribution in [2.75, 3.05) is 12.4 Å². The van der Waals surface area contributed by atoms with Crippen molar-refractivity contribution < 1.29 is 4.74 Å². The van der Waals surface area contributed by atoms with E-state index in [1.165, 1.54) is 5.56 Å². The summed E-state index contributed by atoms with van der Waals surface area (Å²) in [5.41, 5.74) is 2.62. The Morgan fingerprint density at radius 3 is 3.06 bits per heavy atom. The van der Waals surface area contributed by atoms with Gasteiger partial charge >= 0.3 is 0 Å². The molecule has 1 saturated heterocycles. The quantitative estimate of drug-likeness (QED) is 0.832. The van der Waals surface area contributed by atoms with Gasteiger partial charge in [0.25, 0.3) is 0 Å². The Morgan fingerprint density at radius 1 is 1.35 bits per heavy atom. The van der Waals surface area contributed by atoms with E-state index in [2.05, 4.69) is 51.1 Å². The molecule has 0 bridgehead atoms. The zero-order chi connectivity index (χ0) is 11.7. The molecule has 88 valence electrons. The van der Waals surface area contributed by atoms with Crippen LogP contribution in [0.15, 0.2) is 47.2 Å². The van der Waals surface area contributed by atoms with E-state index in [4.69, 9.17) is 4.74 Å². The fraction of sp³-hybridized carbons (Fsp3) is 0.231. The predicted octanol–water partition coefficient (Wildman–Crippen LogP) is 4.00. The van der Waals surface area contributed by atoms with E-state index < -0.39 is 0 Å². The van der Waals surface area contributed by atoms with Gasteiger partial charge in [-0.3, -0.25) is 0 Å². The number of thioether (sulfide) groups is 1. The number of ether oxygens (including phenoxy) is 1. The molecule has 0 N–H and O–H groups in total. The molecule has 17 heavy (non-hydrogen) atoms. The molecule has 2 nitrogen and oxygen atoms in total. The summed E-state index contributed by atoms with van der Waals surface area (Å²) in [6.45, 7) is 0.859. The van der Waals surface area contributed by atoms with Gasteiger partial charge in [0.2, 0.25) is 0 Å². The van der Waals surface area contributed by atoms with E-state index in [1.807, 2.05) is 23.9 Å². The van der Waals surface area contributed by atoms with Crippen molar-refractivity contribution in [3.63, 3.8) is 0 Å². The van der Waals surface area contributed by atoms with Gasteiger partial charge in [-0.1, -0.05) is 22.0 Å². The Balaban J connectivity index is 1.89. The summed E-state index contributed by atoms with van der Waals surface area (Å²) >= 11 is 5.35. The zero-order valence-electron chi connectivity index (χ0n) is 9.17. The summed E-state index contributed by atoms with van der Waals surface area (Å²) in [6.07, 6.45) is 4.23. The van der Waals surface area contributed by atoms with Gasteiger partial charge in [0.15, 0.2) is 0 Å². The van der Waals surface area contributed by atoms with Gasteiger partial charge < -0.3 is 9.30 Å². The maximum atomic E-state index is 5.65. The van der Waals surface area contributed by atoms with E-state index in [0.717, 1.165) is 22.5 Å². The fourth-order valence-corrected chi connectivity index (χ4v) is 3.22. The first kappa shape index (κ1) is 11.4. The standard InChI is InChI=1S/C13H12BrNOS/c14-11-2-1-3-12(8-11)15-5-4-10(9-15)13-16-6-7-17-13/h1-5,8-9,13H,6-7H2. The lowest BCUT2D eigenvalue weighted by molar-refractivity contribution is 0.145. The number of nitrogens with zero attached hydrogens (tertiary/aromatic N) is 1. The van der Waals surface area contributed by atoms with Crippen LogP contribution in [0.4, 0.5) is 0 Å². The number of rotatable bonds is 2. The highest BCUT2D eigenvalue weighted by Gasteiger charge is 2.19. The fourth-order valence-electron chi connectivity index (χ4n) is 1.90. The van der Waals surface area contributed by atoms with Crippen LogP contribution in [0.1, 0.15) is 11.0 Å². The Morgan fingerprint density at radius 2 is 2.29 bits per heavy atom. The van der Waals surface area contributed by atoms with Crippen LogP contribution in [-0.4, -0.2) is 16.9 Å². The first-order valence-electron chi connectivity index (χ1n) is 5.50. The van der Waals surface area contributed by atoms with Crippen LogP contribution in [0.25, 0.3) is 5.69 Å². The molecule has 2 heterocycles. The second-order valence-electron chi connectivity index (χ2n) is 3.91. The second-order valence-corrected chi connectivity index (χ2v) is 5.99. The molecule has 3 rings (SSSR count). The molecule has 0 amide bonds. The van der Waals surface area contributed by atoms with Gasteiger partial charge in [0.1, 0.15) is 5.44 Å². The molecule has 4 heteroatoms. The number of hydrogen-bond donors (Lipinski definition) is 0. The summed E-state index contributed by atoms with van der Waals surface area (Å²) < 4.78 is 8.87. The van der Waals surface area contributed by atoms with Crippen molar-refractivity contribution in [3.8, 4) is 5.69 Å². The Bertz CT molecular complexity index is 520. The van der Waals surface area contributed by atoms with Crippen molar-refractivity contribution in [2.45, 2.75) is 5.44 Å². The average molecular weight is 310 g/mol. The summed E-state index contributed by atoms with van der Waals surface area (Å²) in [5, 5.41) is 0. The van der Waals surface area contributed by atoms with E-state index in [-0.39, 0.29) is 5.44 Å². The summed E-state index contributed by atoms with van der Waals surface area (Å²) in [5.74, 6) is 1.09. The molecule has 1 aromatic heterocycles. The average Bonchev–Trinajstić information content (AvgIpc) is 3.00. The number of benzene rings is 1. The minimum Gasteiger partial charge on any atom is -0.362 e. The van der Waals surface area contributed by atoms with Crippen LogP contribution in [-0.2, 0) is 4.74 Å². The highest BCUT2D eigenvalue weighted by atomic mass is 79.9. The highest BCUT2D eigenvalue weighted by Crippen LogP contribution is 2.35. The van der Waals surface area contributed by atoms with E-state index in [1.54, 1.807) is 0 Å². The van der Waals surface area contributed by atoms with Gasteiger partial charge in [-0.25, -0.2) is 0 Å². The summed E-state index contributed by atoms with van der Waals surface area (Å²) in [7, 11) is 0. The lowest BCUT2D eigenvalue weighted by Gasteiger charge is -2.06. The molecule has 0 radical (unpaired) electrons. The molecule has 0 saturated carbocycles. The molecule has 2 aromatic rings. The van der Waals surface area contributed by atoms with E-state index >= 15 is 0 Å². The maximum absolute atomic E-state index is 5.65. The van der Waals surface area contributed by atoms with Gasteiger partial charge in [-0.15, -0.1) is 11.8 Å². The van der Waals surface area contributed by atoms with Crippen LogP contribution >= 0.6 is 27.7 Å². The topological polar surface area (TPSA) is 14.2 Å². The molecular weight excluding hydrogens is 298 g/mol. The van der Waals surface area contributed by atoms with Crippen molar-refractivity contribution in [1.82, 2.24) is 4.57 Å². The molecular formula is C13H12BrNOS. The minimum atomic E-state index is 0.211. The first-order valence-corrected chi connectivity index (χ1v) is 7.34. The Kier molecular flexibility index (Phi) is 3.27. The SMILES string of the molecule is Brc1cccc(-n2ccc(C3OCCS3)c2)c1. The Labute approximate surface area is 113 Å². The van der Waals surface area contributed by atoms with E-state index in [0.29, 0.717) is 0 Å². The summed E-state index contributed by atoms with van der Waals surface area (Å²) in [6, 6.07) is 10.4. The molecule has 0 aliphatic carbocycles. The van der Waals surface area contributed by atoms with Gasteiger partial charge in [0.05, 0.1) is 6.61 Å². The third-order valence-corrected chi connectivity index (χ3v) is 4.32. The molecule has 1 aromatic carbocycles. The Hall–Kier alpha value is -0.710. The lowest BCUT2D eigenvalue weighted by atomic mass is 10.3. The smallest absolute Gasteiger partial charge is 0.130 e. The van der Waals surface area contributed by atoms with Crippen LogP contribution in [0.3, 0.4) is 0 Å². The third kappa shape index (κ3) is 2.44. The molecule has 1 aliphatic heterocycles. The zero-order valence-corrected chi connectivity index (χ0v) is 11.6. The number of halogens is 1. The highest BCUT2D eigenvalue weighted by molar-refractivity contribution is 9.10. The second kappa shape index (κ2) is 4.88. The summed E-state index contributed by atoms with van der Waals surface area (Å²) in [4.78, 5) is 0. The molecule has 1 fully saturated rings. The van der Waals surface area contributed by atoms with Gasteiger partial charge in [-0.05, 0) is 24.3 Å². The van der Waals surface area contributed by atoms with Crippen molar-refractivity contribution in [2.24, 2.45) is 0 Å². The van der Waals surface area contributed by atoms with Crippen LogP contribution in [0, 0.1) is 0 Å². The molecule has 0 spiro atoms. The van der Waals surface area contributed by atoms with Gasteiger partial charge in [0, 0.05) is 33.9 Å². The normalized spacial score (nSPS) is 19.7. The van der Waals surface area contributed by atoms with Crippen molar-refractivity contribution in [3.05, 3.63) is 52.8 Å². The third-order valence-electron chi connectivity index (χ3n) is 2.72.